The van der Waals surface area contributed by atoms with E-state index in [1.165, 1.54) is 0 Å². The van der Waals surface area contributed by atoms with Gasteiger partial charge in [0.2, 0.25) is 0 Å². The van der Waals surface area contributed by atoms with Crippen molar-refractivity contribution in [3.63, 3.8) is 0 Å². The van der Waals surface area contributed by atoms with Crippen molar-refractivity contribution in [3.8, 4) is 5.75 Å². The van der Waals surface area contributed by atoms with Crippen molar-refractivity contribution in [2.24, 2.45) is 5.92 Å². The standard InChI is InChI=1S/C20H23BrN2O2S/c1-13(2)12-25-18-10-9-16(21)11-17(18)19(24)23-20(26)22-14(3)15-7-5-4-6-8-15/h4-11,13-14H,12H2,1-3H3,(H2,22,23,24,26). The molecule has 1 amide bonds. The Morgan fingerprint density at radius 2 is 1.85 bits per heavy atom. The lowest BCUT2D eigenvalue weighted by molar-refractivity contribution is 0.0971. The molecule has 2 N–H and O–H groups in total. The number of amides is 1. The first-order valence-electron chi connectivity index (χ1n) is 8.46. The van der Waals surface area contributed by atoms with Crippen LogP contribution in [-0.2, 0) is 0 Å². The average Bonchev–Trinajstić information content (AvgIpc) is 2.61. The summed E-state index contributed by atoms with van der Waals surface area (Å²) in [6, 6.07) is 15.3. The number of benzene rings is 2. The monoisotopic (exact) mass is 434 g/mol. The molecular weight excluding hydrogens is 412 g/mol. The molecule has 4 nitrogen and oxygen atoms in total. The van der Waals surface area contributed by atoms with E-state index in [-0.39, 0.29) is 17.1 Å². The van der Waals surface area contributed by atoms with Gasteiger partial charge in [-0.2, -0.15) is 0 Å². The number of hydrogen-bond donors (Lipinski definition) is 2. The third-order valence-electron chi connectivity index (χ3n) is 3.63. The Bertz CT molecular complexity index is 766. The number of ether oxygens (including phenoxy) is 1. The first kappa shape index (κ1) is 20.4. The van der Waals surface area contributed by atoms with Gasteiger partial charge in [0.25, 0.3) is 5.91 Å². The van der Waals surface area contributed by atoms with Crippen molar-refractivity contribution in [3.05, 3.63) is 64.1 Å². The van der Waals surface area contributed by atoms with E-state index in [1.54, 1.807) is 12.1 Å². The van der Waals surface area contributed by atoms with Gasteiger partial charge in [0.1, 0.15) is 5.75 Å². The Hall–Kier alpha value is -1.92. The molecule has 2 rings (SSSR count). The maximum Gasteiger partial charge on any atom is 0.261 e. The van der Waals surface area contributed by atoms with Crippen molar-refractivity contribution >= 4 is 39.2 Å². The molecule has 0 fully saturated rings. The van der Waals surface area contributed by atoms with Crippen molar-refractivity contribution in [1.29, 1.82) is 0 Å². The molecule has 0 heterocycles. The number of carbonyl (C=O) groups excluding carboxylic acids is 1. The lowest BCUT2D eigenvalue weighted by Gasteiger charge is -2.18. The first-order chi connectivity index (χ1) is 12.4. The van der Waals surface area contributed by atoms with Crippen LogP contribution in [0.4, 0.5) is 0 Å². The summed E-state index contributed by atoms with van der Waals surface area (Å²) in [4.78, 5) is 12.7. The number of hydrogen-bond acceptors (Lipinski definition) is 3. The van der Waals surface area contributed by atoms with Gasteiger partial charge in [0.05, 0.1) is 18.2 Å². The highest BCUT2D eigenvalue weighted by atomic mass is 79.9. The second-order valence-corrected chi connectivity index (χ2v) is 7.73. The summed E-state index contributed by atoms with van der Waals surface area (Å²) in [7, 11) is 0. The van der Waals surface area contributed by atoms with Crippen molar-refractivity contribution < 1.29 is 9.53 Å². The topological polar surface area (TPSA) is 50.4 Å². The smallest absolute Gasteiger partial charge is 0.261 e. The summed E-state index contributed by atoms with van der Waals surface area (Å²) in [6.45, 7) is 6.64. The molecule has 2 aromatic rings. The van der Waals surface area contributed by atoms with Gasteiger partial charge >= 0.3 is 0 Å². The van der Waals surface area contributed by atoms with Crippen LogP contribution in [0.3, 0.4) is 0 Å². The summed E-state index contributed by atoms with van der Waals surface area (Å²) in [5.74, 6) is 0.602. The maximum absolute atomic E-state index is 12.7. The molecule has 0 aromatic heterocycles. The van der Waals surface area contributed by atoms with Crippen LogP contribution in [0.5, 0.6) is 5.75 Å². The summed E-state index contributed by atoms with van der Waals surface area (Å²) < 4.78 is 6.56. The van der Waals surface area contributed by atoms with E-state index >= 15 is 0 Å². The fourth-order valence-electron chi connectivity index (χ4n) is 2.29. The minimum Gasteiger partial charge on any atom is -0.492 e. The SMILES string of the molecule is CC(C)COc1ccc(Br)cc1C(=O)NC(=S)NC(C)c1ccccc1. The normalized spacial score (nSPS) is 11.7. The van der Waals surface area contributed by atoms with Crippen LogP contribution in [0, 0.1) is 5.92 Å². The number of thiocarbonyl (C=S) groups is 1. The zero-order valence-electron chi connectivity index (χ0n) is 15.1. The molecule has 0 saturated heterocycles. The number of rotatable bonds is 6. The zero-order valence-corrected chi connectivity index (χ0v) is 17.5. The zero-order chi connectivity index (χ0) is 19.1. The molecule has 26 heavy (non-hydrogen) atoms. The number of halogens is 1. The van der Waals surface area contributed by atoms with E-state index in [1.807, 2.05) is 43.3 Å². The summed E-state index contributed by atoms with van der Waals surface area (Å²) >= 11 is 8.69. The molecule has 0 saturated carbocycles. The van der Waals surface area contributed by atoms with Gasteiger partial charge in [-0.05, 0) is 48.8 Å². The molecule has 0 aliphatic heterocycles. The van der Waals surface area contributed by atoms with Gasteiger partial charge in [0.15, 0.2) is 5.11 Å². The Labute approximate surface area is 168 Å². The molecule has 6 heteroatoms. The van der Waals surface area contributed by atoms with Crippen molar-refractivity contribution in [2.45, 2.75) is 26.8 Å². The summed E-state index contributed by atoms with van der Waals surface area (Å²) in [6.07, 6.45) is 0. The third kappa shape index (κ3) is 6.11. The van der Waals surface area contributed by atoms with Crippen molar-refractivity contribution in [1.82, 2.24) is 10.6 Å². The molecular formula is C20H23BrN2O2S. The lowest BCUT2D eigenvalue weighted by atomic mass is 10.1. The van der Waals surface area contributed by atoms with E-state index in [0.29, 0.717) is 23.8 Å². The van der Waals surface area contributed by atoms with Gasteiger partial charge < -0.3 is 10.1 Å². The van der Waals surface area contributed by atoms with Crippen LogP contribution < -0.4 is 15.4 Å². The highest BCUT2D eigenvalue weighted by Gasteiger charge is 2.16. The fraction of sp³-hybridized carbons (Fsp3) is 0.300. The van der Waals surface area contributed by atoms with E-state index in [4.69, 9.17) is 17.0 Å². The second kappa shape index (κ2) is 9.69. The highest BCUT2D eigenvalue weighted by molar-refractivity contribution is 9.10. The minimum absolute atomic E-state index is 0.0110. The van der Waals surface area contributed by atoms with E-state index in [0.717, 1.165) is 10.0 Å². The molecule has 2 aromatic carbocycles. The highest BCUT2D eigenvalue weighted by Crippen LogP contribution is 2.24. The van der Waals surface area contributed by atoms with Crippen LogP contribution in [0.25, 0.3) is 0 Å². The molecule has 0 radical (unpaired) electrons. The largest absolute Gasteiger partial charge is 0.492 e. The van der Waals surface area contributed by atoms with E-state index < -0.39 is 0 Å². The van der Waals surface area contributed by atoms with Gasteiger partial charge in [-0.1, -0.05) is 60.1 Å². The Morgan fingerprint density at radius 3 is 2.50 bits per heavy atom. The van der Waals surface area contributed by atoms with Gasteiger partial charge in [-0.25, -0.2) is 0 Å². The van der Waals surface area contributed by atoms with Crippen molar-refractivity contribution in [2.75, 3.05) is 6.61 Å². The fourth-order valence-corrected chi connectivity index (χ4v) is 2.92. The number of carbonyl (C=O) groups is 1. The molecule has 0 spiro atoms. The van der Waals surface area contributed by atoms with Gasteiger partial charge in [-0.3, -0.25) is 10.1 Å². The minimum atomic E-state index is -0.303. The summed E-state index contributed by atoms with van der Waals surface area (Å²) in [5, 5.41) is 6.14. The molecule has 0 bridgehead atoms. The molecule has 1 unspecified atom stereocenters. The van der Waals surface area contributed by atoms with Crippen LogP contribution in [0.15, 0.2) is 53.0 Å². The Kier molecular flexibility index (Phi) is 7.60. The second-order valence-electron chi connectivity index (χ2n) is 6.41. The van der Waals surface area contributed by atoms with Crippen LogP contribution >= 0.6 is 28.1 Å². The van der Waals surface area contributed by atoms with Crippen LogP contribution in [0.1, 0.15) is 42.7 Å². The van der Waals surface area contributed by atoms with Gasteiger partial charge in [-0.15, -0.1) is 0 Å². The van der Waals surface area contributed by atoms with Crippen LogP contribution in [-0.4, -0.2) is 17.6 Å². The lowest BCUT2D eigenvalue weighted by Crippen LogP contribution is -2.40. The van der Waals surface area contributed by atoms with Crippen LogP contribution in [0.2, 0.25) is 0 Å². The van der Waals surface area contributed by atoms with E-state index in [9.17, 15) is 4.79 Å². The quantitative estimate of drug-likeness (QED) is 0.637. The maximum atomic E-state index is 12.7. The summed E-state index contributed by atoms with van der Waals surface area (Å²) in [5.41, 5.74) is 1.53. The van der Waals surface area contributed by atoms with E-state index in [2.05, 4.69) is 40.4 Å². The molecule has 138 valence electrons. The first-order valence-corrected chi connectivity index (χ1v) is 9.66. The molecule has 0 aliphatic rings. The van der Waals surface area contributed by atoms with Gasteiger partial charge in [0, 0.05) is 4.47 Å². The molecule has 1 atom stereocenters. The number of nitrogens with one attached hydrogen (secondary N) is 2. The Morgan fingerprint density at radius 1 is 1.15 bits per heavy atom. The molecule has 0 aliphatic carbocycles. The predicted molar refractivity (Wildman–Crippen MR) is 113 cm³/mol. The third-order valence-corrected chi connectivity index (χ3v) is 4.35. The Balaban J connectivity index is 2.04. The average molecular weight is 435 g/mol. The predicted octanol–water partition coefficient (Wildman–Crippen LogP) is 4.85.